The van der Waals surface area contributed by atoms with Gasteiger partial charge in [0.2, 0.25) is 5.91 Å². The van der Waals surface area contributed by atoms with E-state index < -0.39 is 0 Å². The summed E-state index contributed by atoms with van der Waals surface area (Å²) in [6, 6.07) is 2.38. The Bertz CT molecular complexity index is 196. The molecule has 0 fully saturated rings. The van der Waals surface area contributed by atoms with Gasteiger partial charge >= 0.3 is 0 Å². The number of hydrogen-bond acceptors (Lipinski definition) is 2. The lowest BCUT2D eigenvalue weighted by atomic mass is 10.0. The van der Waals surface area contributed by atoms with E-state index in [4.69, 9.17) is 5.26 Å². The number of carbonyl (C=O) groups excluding carboxylic acids is 1. The molecular weight excluding hydrogens is 176 g/mol. The van der Waals surface area contributed by atoms with Crippen molar-refractivity contribution in [2.75, 3.05) is 0 Å². The molecule has 14 heavy (non-hydrogen) atoms. The number of nitriles is 1. The molecule has 1 atom stereocenters. The molecule has 1 amide bonds. The first-order valence-electron chi connectivity index (χ1n) is 5.34. The van der Waals surface area contributed by atoms with Gasteiger partial charge in [0.1, 0.15) is 0 Å². The van der Waals surface area contributed by atoms with Gasteiger partial charge in [-0.1, -0.05) is 19.8 Å². The average Bonchev–Trinajstić information content (AvgIpc) is 2.13. The monoisotopic (exact) mass is 196 g/mol. The van der Waals surface area contributed by atoms with E-state index in [0.29, 0.717) is 6.42 Å². The van der Waals surface area contributed by atoms with Crippen LogP contribution in [-0.4, -0.2) is 11.9 Å². The summed E-state index contributed by atoms with van der Waals surface area (Å²) in [5, 5.41) is 11.3. The van der Waals surface area contributed by atoms with Gasteiger partial charge in [-0.2, -0.15) is 5.26 Å². The molecule has 3 nitrogen and oxygen atoms in total. The van der Waals surface area contributed by atoms with E-state index in [1.807, 2.05) is 0 Å². The van der Waals surface area contributed by atoms with Gasteiger partial charge in [-0.05, 0) is 19.3 Å². The predicted molar refractivity (Wildman–Crippen MR) is 56.6 cm³/mol. The molecule has 0 saturated heterocycles. The lowest BCUT2D eigenvalue weighted by molar-refractivity contribution is -0.119. The summed E-state index contributed by atoms with van der Waals surface area (Å²) in [6.07, 6.45) is 5.70. The molecular formula is C11H20N2O. The molecule has 0 heterocycles. The van der Waals surface area contributed by atoms with Crippen LogP contribution in [0.4, 0.5) is 0 Å². The van der Waals surface area contributed by atoms with Crippen LogP contribution in [0.1, 0.15) is 52.4 Å². The zero-order valence-corrected chi connectivity index (χ0v) is 9.18. The van der Waals surface area contributed by atoms with E-state index in [1.165, 1.54) is 0 Å². The van der Waals surface area contributed by atoms with Crippen molar-refractivity contribution in [2.45, 2.75) is 58.4 Å². The van der Waals surface area contributed by atoms with Crippen LogP contribution in [0.25, 0.3) is 0 Å². The van der Waals surface area contributed by atoms with Crippen molar-refractivity contribution in [2.24, 2.45) is 0 Å². The SMILES string of the molecule is CCCCC(CCCC#N)NC(C)=O. The molecule has 1 N–H and O–H groups in total. The lowest BCUT2D eigenvalue weighted by Gasteiger charge is -2.16. The van der Waals surface area contributed by atoms with Gasteiger partial charge in [0.05, 0.1) is 6.07 Å². The van der Waals surface area contributed by atoms with Gasteiger partial charge in [-0.25, -0.2) is 0 Å². The first-order chi connectivity index (χ1) is 6.70. The van der Waals surface area contributed by atoms with Crippen molar-refractivity contribution < 1.29 is 4.79 Å². The molecule has 0 saturated carbocycles. The number of amides is 1. The third-order valence-corrected chi connectivity index (χ3v) is 2.15. The highest BCUT2D eigenvalue weighted by atomic mass is 16.1. The maximum Gasteiger partial charge on any atom is 0.217 e. The fourth-order valence-electron chi connectivity index (χ4n) is 1.45. The summed E-state index contributed by atoms with van der Waals surface area (Å²) in [6.45, 7) is 3.68. The maximum absolute atomic E-state index is 10.9. The molecule has 0 radical (unpaired) electrons. The Labute approximate surface area is 86.5 Å². The number of carbonyl (C=O) groups is 1. The van der Waals surface area contributed by atoms with Gasteiger partial charge in [-0.3, -0.25) is 4.79 Å². The van der Waals surface area contributed by atoms with E-state index in [2.05, 4.69) is 18.3 Å². The third kappa shape index (κ3) is 7.60. The van der Waals surface area contributed by atoms with Crippen LogP contribution in [0.15, 0.2) is 0 Å². The fraction of sp³-hybridized carbons (Fsp3) is 0.818. The summed E-state index contributed by atoms with van der Waals surface area (Å²) in [7, 11) is 0. The van der Waals surface area contributed by atoms with E-state index >= 15 is 0 Å². The number of nitrogens with zero attached hydrogens (tertiary/aromatic N) is 1. The normalized spacial score (nSPS) is 11.8. The highest BCUT2D eigenvalue weighted by molar-refractivity contribution is 5.73. The minimum atomic E-state index is 0.0306. The largest absolute Gasteiger partial charge is 0.354 e. The highest BCUT2D eigenvalue weighted by Crippen LogP contribution is 2.08. The standard InChI is InChI=1S/C11H20N2O/c1-3-4-7-11(13-10(2)14)8-5-6-9-12/h11H,3-8H2,1-2H3,(H,13,14). The average molecular weight is 196 g/mol. The van der Waals surface area contributed by atoms with Crippen LogP contribution in [-0.2, 0) is 4.79 Å². The molecule has 0 rings (SSSR count). The van der Waals surface area contributed by atoms with Crippen molar-refractivity contribution in [3.8, 4) is 6.07 Å². The molecule has 0 aliphatic heterocycles. The summed E-state index contributed by atoms with van der Waals surface area (Å²) < 4.78 is 0. The zero-order valence-electron chi connectivity index (χ0n) is 9.18. The number of nitrogens with one attached hydrogen (secondary N) is 1. The lowest BCUT2D eigenvalue weighted by Crippen LogP contribution is -2.32. The summed E-state index contributed by atoms with van der Waals surface area (Å²) in [4.78, 5) is 10.9. The molecule has 0 aliphatic carbocycles. The van der Waals surface area contributed by atoms with Gasteiger partial charge in [0, 0.05) is 19.4 Å². The van der Waals surface area contributed by atoms with E-state index in [-0.39, 0.29) is 11.9 Å². The number of hydrogen-bond donors (Lipinski definition) is 1. The first-order valence-corrected chi connectivity index (χ1v) is 5.34. The van der Waals surface area contributed by atoms with Crippen LogP contribution in [0.3, 0.4) is 0 Å². The van der Waals surface area contributed by atoms with E-state index in [0.717, 1.165) is 32.1 Å². The molecule has 0 spiro atoms. The number of unbranched alkanes of at least 4 members (excludes halogenated alkanes) is 2. The molecule has 0 bridgehead atoms. The van der Waals surface area contributed by atoms with Gasteiger partial charge in [0.15, 0.2) is 0 Å². The van der Waals surface area contributed by atoms with Crippen molar-refractivity contribution in [1.82, 2.24) is 5.32 Å². The summed E-state index contributed by atoms with van der Waals surface area (Å²) in [5.74, 6) is 0.0306. The van der Waals surface area contributed by atoms with Crippen LogP contribution in [0.2, 0.25) is 0 Å². The Hall–Kier alpha value is -1.04. The summed E-state index contributed by atoms with van der Waals surface area (Å²) in [5.41, 5.74) is 0. The van der Waals surface area contributed by atoms with E-state index in [9.17, 15) is 4.79 Å². The second kappa shape index (κ2) is 8.55. The van der Waals surface area contributed by atoms with Crippen molar-refractivity contribution >= 4 is 5.91 Å². The Morgan fingerprint density at radius 1 is 1.43 bits per heavy atom. The molecule has 0 aromatic carbocycles. The van der Waals surface area contributed by atoms with Crippen LogP contribution in [0, 0.1) is 11.3 Å². The van der Waals surface area contributed by atoms with Gasteiger partial charge < -0.3 is 5.32 Å². The van der Waals surface area contributed by atoms with Crippen molar-refractivity contribution in [3.63, 3.8) is 0 Å². The zero-order chi connectivity index (χ0) is 10.8. The Morgan fingerprint density at radius 3 is 2.57 bits per heavy atom. The van der Waals surface area contributed by atoms with Crippen LogP contribution in [0.5, 0.6) is 0 Å². The summed E-state index contributed by atoms with van der Waals surface area (Å²) >= 11 is 0. The fourth-order valence-corrected chi connectivity index (χ4v) is 1.45. The van der Waals surface area contributed by atoms with Crippen LogP contribution >= 0.6 is 0 Å². The minimum Gasteiger partial charge on any atom is -0.354 e. The molecule has 0 aromatic heterocycles. The Kier molecular flexibility index (Phi) is 7.92. The Balaban J connectivity index is 3.73. The van der Waals surface area contributed by atoms with Gasteiger partial charge in [0.25, 0.3) is 0 Å². The quantitative estimate of drug-likeness (QED) is 0.635. The maximum atomic E-state index is 10.9. The molecule has 0 aromatic rings. The van der Waals surface area contributed by atoms with Crippen LogP contribution < -0.4 is 5.32 Å². The smallest absolute Gasteiger partial charge is 0.217 e. The molecule has 0 aliphatic rings. The molecule has 3 heteroatoms. The topological polar surface area (TPSA) is 52.9 Å². The first kappa shape index (κ1) is 13.0. The van der Waals surface area contributed by atoms with Crippen molar-refractivity contribution in [1.29, 1.82) is 5.26 Å². The minimum absolute atomic E-state index is 0.0306. The van der Waals surface area contributed by atoms with Crippen molar-refractivity contribution in [3.05, 3.63) is 0 Å². The predicted octanol–water partition coefficient (Wildman–Crippen LogP) is 2.38. The van der Waals surface area contributed by atoms with E-state index in [1.54, 1.807) is 6.92 Å². The third-order valence-electron chi connectivity index (χ3n) is 2.15. The molecule has 80 valence electrons. The second-order valence-corrected chi connectivity index (χ2v) is 3.59. The highest BCUT2D eigenvalue weighted by Gasteiger charge is 2.08. The molecule has 1 unspecified atom stereocenters. The number of rotatable bonds is 7. The van der Waals surface area contributed by atoms with Gasteiger partial charge in [-0.15, -0.1) is 0 Å². The Morgan fingerprint density at radius 2 is 2.07 bits per heavy atom. The second-order valence-electron chi connectivity index (χ2n) is 3.59.